The number of nitrogens with two attached hydrogens (primary N) is 1. The zero-order chi connectivity index (χ0) is 30.7. The summed E-state index contributed by atoms with van der Waals surface area (Å²) in [4.78, 5) is 24.9. The second kappa shape index (κ2) is 12.1. The fourth-order valence-electron chi connectivity index (χ4n) is 4.74. The molecule has 0 unspecified atom stereocenters. The summed E-state index contributed by atoms with van der Waals surface area (Å²) < 4.78 is 32.6. The molecule has 0 spiro atoms. The number of aromatic nitrogens is 3. The second-order valence-corrected chi connectivity index (χ2v) is 9.24. The Hall–Kier alpha value is -5.65. The van der Waals surface area contributed by atoms with Crippen LogP contribution in [0, 0.1) is 0 Å². The lowest BCUT2D eigenvalue weighted by atomic mass is 10.0. The lowest BCUT2D eigenvalue weighted by Crippen LogP contribution is -2.12. The predicted molar refractivity (Wildman–Crippen MR) is 164 cm³/mol. The first-order valence-electron chi connectivity index (χ1n) is 13.0. The standard InChI is InChI=1S/C31H31N5O7/c1-38-22-11-17(12-23(39-2)26(22)42-5)16-7-9-19(10-8-16)33-31-34-28(32)21-15-20(30(37)35-29(21)36-31)18-13-24(40-3)27(43-6)25(14-18)41-4/h7-15H,1-6H3,(H4,32,33,34,35,36,37). The van der Waals surface area contributed by atoms with Crippen LogP contribution in [0.2, 0.25) is 0 Å². The maximum atomic E-state index is 13.2. The number of pyridine rings is 1. The lowest BCUT2D eigenvalue weighted by Gasteiger charge is -2.15. The maximum absolute atomic E-state index is 13.2. The third-order valence-electron chi connectivity index (χ3n) is 6.86. The molecular formula is C31H31N5O7. The predicted octanol–water partition coefficient (Wildman–Crippen LogP) is 5.03. The Labute approximate surface area is 247 Å². The Bertz CT molecular complexity index is 1810. The molecule has 0 aliphatic rings. The van der Waals surface area contributed by atoms with Crippen molar-refractivity contribution in [2.45, 2.75) is 0 Å². The molecule has 12 nitrogen and oxygen atoms in total. The number of nitrogens with one attached hydrogen (secondary N) is 2. The number of rotatable bonds is 10. The number of H-pyrrole nitrogens is 1. The van der Waals surface area contributed by atoms with Crippen LogP contribution in [0.1, 0.15) is 0 Å². The van der Waals surface area contributed by atoms with E-state index in [0.717, 1.165) is 11.1 Å². The van der Waals surface area contributed by atoms with Crippen LogP contribution >= 0.6 is 0 Å². The summed E-state index contributed by atoms with van der Waals surface area (Å²) in [7, 11) is 9.23. The van der Waals surface area contributed by atoms with Crippen LogP contribution in [-0.2, 0) is 0 Å². The number of anilines is 3. The van der Waals surface area contributed by atoms with Gasteiger partial charge in [0, 0.05) is 11.3 Å². The number of nitrogen functional groups attached to an aromatic ring is 1. The molecule has 0 aliphatic heterocycles. The van der Waals surface area contributed by atoms with Crippen molar-refractivity contribution in [1.82, 2.24) is 15.0 Å². The highest BCUT2D eigenvalue weighted by atomic mass is 16.5. The van der Waals surface area contributed by atoms with Crippen molar-refractivity contribution in [3.63, 3.8) is 0 Å². The third-order valence-corrected chi connectivity index (χ3v) is 6.86. The molecule has 0 saturated carbocycles. The van der Waals surface area contributed by atoms with Crippen molar-refractivity contribution in [3.05, 3.63) is 65.0 Å². The van der Waals surface area contributed by atoms with Gasteiger partial charge in [-0.1, -0.05) is 12.1 Å². The van der Waals surface area contributed by atoms with Crippen LogP contribution in [0.5, 0.6) is 34.5 Å². The van der Waals surface area contributed by atoms with Gasteiger partial charge in [-0.25, -0.2) is 0 Å². The zero-order valence-corrected chi connectivity index (χ0v) is 24.5. The van der Waals surface area contributed by atoms with E-state index in [1.54, 1.807) is 39.5 Å². The van der Waals surface area contributed by atoms with Gasteiger partial charge in [0.1, 0.15) is 11.5 Å². The SMILES string of the molecule is COc1cc(-c2ccc(Nc3nc(N)c4cc(-c5cc(OC)c(OC)c(OC)c5)c(=O)[nH]c4n3)cc2)cc(OC)c1OC. The molecule has 0 saturated heterocycles. The summed E-state index contributed by atoms with van der Waals surface area (Å²) in [6.45, 7) is 0. The molecule has 0 radical (unpaired) electrons. The molecule has 0 fully saturated rings. The summed E-state index contributed by atoms with van der Waals surface area (Å²) in [5.41, 5.74) is 9.64. The van der Waals surface area contributed by atoms with Crippen LogP contribution in [0.25, 0.3) is 33.3 Å². The molecule has 0 bridgehead atoms. The van der Waals surface area contributed by atoms with E-state index in [1.165, 1.54) is 21.3 Å². The van der Waals surface area contributed by atoms with Crippen molar-refractivity contribution in [2.75, 3.05) is 53.7 Å². The molecule has 0 amide bonds. The summed E-state index contributed by atoms with van der Waals surface area (Å²) >= 11 is 0. The highest BCUT2D eigenvalue weighted by Gasteiger charge is 2.18. The van der Waals surface area contributed by atoms with E-state index in [0.29, 0.717) is 56.7 Å². The number of methoxy groups -OCH3 is 6. The van der Waals surface area contributed by atoms with Crippen LogP contribution in [0.15, 0.2) is 59.4 Å². The van der Waals surface area contributed by atoms with Gasteiger partial charge in [-0.3, -0.25) is 4.79 Å². The van der Waals surface area contributed by atoms with Gasteiger partial charge in [0.2, 0.25) is 17.4 Å². The van der Waals surface area contributed by atoms with E-state index >= 15 is 0 Å². The summed E-state index contributed by atoms with van der Waals surface area (Å²) in [6.07, 6.45) is 0. The van der Waals surface area contributed by atoms with Crippen LogP contribution < -0.4 is 45.0 Å². The van der Waals surface area contributed by atoms with Gasteiger partial charge in [-0.05, 0) is 59.2 Å². The number of nitrogens with zero attached hydrogens (tertiary/aromatic N) is 2. The van der Waals surface area contributed by atoms with Gasteiger partial charge < -0.3 is 44.5 Å². The number of benzene rings is 3. The molecule has 0 aliphatic carbocycles. The van der Waals surface area contributed by atoms with Gasteiger partial charge >= 0.3 is 0 Å². The van der Waals surface area contributed by atoms with Crippen LogP contribution in [0.3, 0.4) is 0 Å². The minimum Gasteiger partial charge on any atom is -0.493 e. The van der Waals surface area contributed by atoms with Crippen molar-refractivity contribution in [3.8, 4) is 56.8 Å². The first kappa shape index (κ1) is 28.9. The molecule has 0 atom stereocenters. The third kappa shape index (κ3) is 5.49. The first-order valence-corrected chi connectivity index (χ1v) is 13.0. The highest BCUT2D eigenvalue weighted by molar-refractivity contribution is 5.90. The molecule has 222 valence electrons. The van der Waals surface area contributed by atoms with Crippen molar-refractivity contribution in [1.29, 1.82) is 0 Å². The normalized spacial score (nSPS) is 10.7. The fourth-order valence-corrected chi connectivity index (χ4v) is 4.74. The van der Waals surface area contributed by atoms with Gasteiger partial charge in [0.15, 0.2) is 23.0 Å². The summed E-state index contributed by atoms with van der Waals surface area (Å²) in [6, 6.07) is 16.4. The number of ether oxygens (including phenoxy) is 6. The maximum Gasteiger partial charge on any atom is 0.257 e. The zero-order valence-electron chi connectivity index (χ0n) is 24.5. The molecule has 4 N–H and O–H groups in total. The molecule has 5 rings (SSSR count). The molecule has 2 aromatic heterocycles. The number of hydrogen-bond acceptors (Lipinski definition) is 11. The topological polar surface area (TPSA) is 152 Å². The van der Waals surface area contributed by atoms with Gasteiger partial charge in [0.05, 0.1) is 48.0 Å². The van der Waals surface area contributed by atoms with E-state index in [4.69, 9.17) is 34.2 Å². The van der Waals surface area contributed by atoms with Gasteiger partial charge in [-0.15, -0.1) is 0 Å². The largest absolute Gasteiger partial charge is 0.493 e. The van der Waals surface area contributed by atoms with Crippen molar-refractivity contribution < 1.29 is 28.4 Å². The Balaban J connectivity index is 1.45. The molecule has 12 heteroatoms. The second-order valence-electron chi connectivity index (χ2n) is 9.24. The van der Waals surface area contributed by atoms with Crippen molar-refractivity contribution >= 4 is 28.5 Å². The number of aromatic amines is 1. The van der Waals surface area contributed by atoms with E-state index in [1.807, 2.05) is 36.4 Å². The van der Waals surface area contributed by atoms with Crippen LogP contribution in [-0.4, -0.2) is 57.6 Å². The smallest absolute Gasteiger partial charge is 0.257 e. The van der Waals surface area contributed by atoms with E-state index in [9.17, 15) is 4.79 Å². The number of hydrogen-bond donors (Lipinski definition) is 3. The van der Waals surface area contributed by atoms with Gasteiger partial charge in [0.25, 0.3) is 5.56 Å². The lowest BCUT2D eigenvalue weighted by molar-refractivity contribution is 0.324. The average Bonchev–Trinajstić information content (AvgIpc) is 3.03. The summed E-state index contributed by atoms with van der Waals surface area (Å²) in [5, 5.41) is 3.63. The molecule has 3 aromatic carbocycles. The highest BCUT2D eigenvalue weighted by Crippen LogP contribution is 2.42. The quantitative estimate of drug-likeness (QED) is 0.202. The van der Waals surface area contributed by atoms with E-state index in [-0.39, 0.29) is 23.0 Å². The summed E-state index contributed by atoms with van der Waals surface area (Å²) in [5.74, 6) is 3.29. The molecule has 5 aromatic rings. The Kier molecular flexibility index (Phi) is 8.10. The van der Waals surface area contributed by atoms with E-state index < -0.39 is 0 Å². The Morgan fingerprint density at radius 1 is 0.651 bits per heavy atom. The molecule has 43 heavy (non-hydrogen) atoms. The van der Waals surface area contributed by atoms with Crippen LogP contribution in [0.4, 0.5) is 17.5 Å². The molecular weight excluding hydrogens is 554 g/mol. The first-order chi connectivity index (χ1) is 20.8. The Morgan fingerprint density at radius 3 is 1.65 bits per heavy atom. The monoisotopic (exact) mass is 585 g/mol. The minimum absolute atomic E-state index is 0.187. The minimum atomic E-state index is -0.375. The Morgan fingerprint density at radius 2 is 1.16 bits per heavy atom. The fraction of sp³-hybridized carbons (Fsp3) is 0.194. The average molecular weight is 586 g/mol. The van der Waals surface area contributed by atoms with Crippen molar-refractivity contribution in [2.24, 2.45) is 0 Å². The molecule has 2 heterocycles. The van der Waals surface area contributed by atoms with Gasteiger partial charge in [-0.2, -0.15) is 9.97 Å². The number of fused-ring (bicyclic) bond motifs is 1. The van der Waals surface area contributed by atoms with E-state index in [2.05, 4.69) is 20.3 Å².